The van der Waals surface area contributed by atoms with Gasteiger partial charge in [-0.25, -0.2) is 0 Å². The van der Waals surface area contributed by atoms with Gasteiger partial charge in [0.1, 0.15) is 6.04 Å². The number of amides is 1. The molecule has 1 saturated heterocycles. The SMILES string of the molecule is Cc1ccc(C(C(=O)N2CCN(CCCCO)CC2)N(C)C)cc1. The van der Waals surface area contributed by atoms with Gasteiger partial charge in [0.2, 0.25) is 5.91 Å². The molecule has 0 radical (unpaired) electrons. The van der Waals surface area contributed by atoms with Crippen LogP contribution in [0.3, 0.4) is 0 Å². The molecule has 1 heterocycles. The molecule has 0 bridgehead atoms. The van der Waals surface area contributed by atoms with Gasteiger partial charge in [-0.3, -0.25) is 14.6 Å². The average Bonchev–Trinajstić information content (AvgIpc) is 2.57. The summed E-state index contributed by atoms with van der Waals surface area (Å²) in [4.78, 5) is 19.4. The second kappa shape index (κ2) is 9.16. The van der Waals surface area contributed by atoms with E-state index in [1.807, 2.05) is 23.9 Å². The first kappa shape index (κ1) is 18.9. The summed E-state index contributed by atoms with van der Waals surface area (Å²) in [5, 5.41) is 8.87. The van der Waals surface area contributed by atoms with Crippen LogP contribution in [0, 0.1) is 6.92 Å². The molecule has 1 atom stereocenters. The molecule has 1 N–H and O–H groups in total. The van der Waals surface area contributed by atoms with Crippen LogP contribution in [0.25, 0.3) is 0 Å². The maximum Gasteiger partial charge on any atom is 0.244 e. The third-order valence-corrected chi connectivity index (χ3v) is 4.71. The smallest absolute Gasteiger partial charge is 0.244 e. The molecule has 1 fully saturated rings. The Morgan fingerprint density at radius 2 is 1.75 bits per heavy atom. The monoisotopic (exact) mass is 333 g/mol. The lowest BCUT2D eigenvalue weighted by molar-refractivity contribution is -0.138. The van der Waals surface area contributed by atoms with Crippen molar-refractivity contribution in [1.29, 1.82) is 0 Å². The van der Waals surface area contributed by atoms with Gasteiger partial charge in [-0.2, -0.15) is 0 Å². The van der Waals surface area contributed by atoms with Crippen LogP contribution >= 0.6 is 0 Å². The number of benzene rings is 1. The molecule has 0 spiro atoms. The second-order valence-corrected chi connectivity index (χ2v) is 6.87. The van der Waals surface area contributed by atoms with Crippen molar-refractivity contribution < 1.29 is 9.90 Å². The van der Waals surface area contributed by atoms with Gasteiger partial charge in [-0.05, 0) is 46.0 Å². The fraction of sp³-hybridized carbons (Fsp3) is 0.632. The van der Waals surface area contributed by atoms with Gasteiger partial charge in [0.15, 0.2) is 0 Å². The van der Waals surface area contributed by atoms with Gasteiger partial charge in [-0.15, -0.1) is 0 Å². The first-order valence-electron chi connectivity index (χ1n) is 8.88. The number of rotatable bonds is 7. The normalized spacial score (nSPS) is 17.3. The number of carbonyl (C=O) groups is 1. The van der Waals surface area contributed by atoms with Crippen molar-refractivity contribution in [2.24, 2.45) is 0 Å². The molecule has 134 valence electrons. The summed E-state index contributed by atoms with van der Waals surface area (Å²) >= 11 is 0. The highest BCUT2D eigenvalue weighted by Crippen LogP contribution is 2.22. The first-order valence-corrected chi connectivity index (χ1v) is 8.88. The molecule has 1 amide bonds. The van der Waals surface area contributed by atoms with Gasteiger partial charge in [0.25, 0.3) is 0 Å². The van der Waals surface area contributed by atoms with E-state index in [0.29, 0.717) is 0 Å². The second-order valence-electron chi connectivity index (χ2n) is 6.87. The Morgan fingerprint density at radius 3 is 2.29 bits per heavy atom. The van der Waals surface area contributed by atoms with E-state index in [4.69, 9.17) is 5.11 Å². The molecule has 1 unspecified atom stereocenters. The van der Waals surface area contributed by atoms with Crippen molar-refractivity contribution in [3.05, 3.63) is 35.4 Å². The average molecular weight is 333 g/mol. The van der Waals surface area contributed by atoms with Crippen LogP contribution in [0.2, 0.25) is 0 Å². The van der Waals surface area contributed by atoms with E-state index in [1.165, 1.54) is 5.56 Å². The van der Waals surface area contributed by atoms with Crippen LogP contribution < -0.4 is 0 Å². The number of aryl methyl sites for hydroxylation is 1. The van der Waals surface area contributed by atoms with Gasteiger partial charge in [0.05, 0.1) is 0 Å². The van der Waals surface area contributed by atoms with E-state index in [0.717, 1.165) is 51.1 Å². The summed E-state index contributed by atoms with van der Waals surface area (Å²) in [7, 11) is 3.93. The highest BCUT2D eigenvalue weighted by molar-refractivity contribution is 5.83. The molecule has 1 aromatic carbocycles. The minimum absolute atomic E-state index is 0.193. The molecule has 5 heteroatoms. The predicted molar refractivity (Wildman–Crippen MR) is 96.9 cm³/mol. The zero-order valence-electron chi connectivity index (χ0n) is 15.2. The lowest BCUT2D eigenvalue weighted by Crippen LogP contribution is -2.51. The number of nitrogens with zero attached hydrogens (tertiary/aromatic N) is 3. The number of likely N-dealkylation sites (N-methyl/N-ethyl adjacent to an activating group) is 1. The van der Waals surface area contributed by atoms with Crippen molar-refractivity contribution in [2.75, 3.05) is 53.4 Å². The Kier molecular flexibility index (Phi) is 7.21. The maximum absolute atomic E-state index is 13.0. The molecular weight excluding hydrogens is 302 g/mol. The largest absolute Gasteiger partial charge is 0.396 e. The zero-order valence-corrected chi connectivity index (χ0v) is 15.2. The molecular formula is C19H31N3O2. The van der Waals surface area contributed by atoms with Crippen LogP contribution in [-0.4, -0.2) is 79.1 Å². The highest BCUT2D eigenvalue weighted by atomic mass is 16.3. The Hall–Kier alpha value is -1.43. The Labute approximate surface area is 145 Å². The van der Waals surface area contributed by atoms with Crippen molar-refractivity contribution in [3.8, 4) is 0 Å². The molecule has 0 aliphatic carbocycles. The van der Waals surface area contributed by atoms with Gasteiger partial charge in [0, 0.05) is 32.8 Å². The van der Waals surface area contributed by atoms with Gasteiger partial charge < -0.3 is 10.0 Å². The van der Waals surface area contributed by atoms with Crippen molar-refractivity contribution >= 4 is 5.91 Å². The van der Waals surface area contributed by atoms with Crippen LogP contribution in [-0.2, 0) is 4.79 Å². The number of aliphatic hydroxyl groups is 1. The Morgan fingerprint density at radius 1 is 1.12 bits per heavy atom. The first-order chi connectivity index (χ1) is 11.5. The lowest BCUT2D eigenvalue weighted by Gasteiger charge is -2.37. The molecule has 24 heavy (non-hydrogen) atoms. The van der Waals surface area contributed by atoms with Crippen molar-refractivity contribution in [2.45, 2.75) is 25.8 Å². The quantitative estimate of drug-likeness (QED) is 0.769. The summed E-state index contributed by atoms with van der Waals surface area (Å²) in [6, 6.07) is 8.04. The third-order valence-electron chi connectivity index (χ3n) is 4.71. The number of unbranched alkanes of at least 4 members (excludes halogenated alkanes) is 1. The van der Waals surface area contributed by atoms with E-state index >= 15 is 0 Å². The van der Waals surface area contributed by atoms with E-state index < -0.39 is 0 Å². The molecule has 1 aliphatic rings. The van der Waals surface area contributed by atoms with Crippen LogP contribution in [0.5, 0.6) is 0 Å². The van der Waals surface area contributed by atoms with Crippen molar-refractivity contribution in [1.82, 2.24) is 14.7 Å². The third kappa shape index (κ3) is 5.03. The Bertz CT molecular complexity index is 508. The van der Waals surface area contributed by atoms with Gasteiger partial charge >= 0.3 is 0 Å². The number of hydrogen-bond acceptors (Lipinski definition) is 4. The van der Waals surface area contributed by atoms with Crippen LogP contribution in [0.4, 0.5) is 0 Å². The maximum atomic E-state index is 13.0. The van der Waals surface area contributed by atoms with Crippen molar-refractivity contribution in [3.63, 3.8) is 0 Å². The fourth-order valence-electron chi connectivity index (χ4n) is 3.22. The number of piperazine rings is 1. The van der Waals surface area contributed by atoms with E-state index in [2.05, 4.69) is 36.1 Å². The summed E-state index contributed by atoms with van der Waals surface area (Å²) in [6.45, 7) is 6.75. The predicted octanol–water partition coefficient (Wildman–Crippen LogP) is 1.51. The lowest BCUT2D eigenvalue weighted by atomic mass is 10.0. The van der Waals surface area contributed by atoms with Crippen LogP contribution in [0.15, 0.2) is 24.3 Å². The minimum atomic E-state index is -0.216. The molecule has 2 rings (SSSR count). The molecule has 5 nitrogen and oxygen atoms in total. The molecule has 1 aromatic rings. The minimum Gasteiger partial charge on any atom is -0.396 e. The summed E-state index contributed by atoms with van der Waals surface area (Å²) in [5.41, 5.74) is 2.26. The van der Waals surface area contributed by atoms with Gasteiger partial charge in [-0.1, -0.05) is 29.8 Å². The highest BCUT2D eigenvalue weighted by Gasteiger charge is 2.29. The zero-order chi connectivity index (χ0) is 17.5. The topological polar surface area (TPSA) is 47.0 Å². The van der Waals surface area contributed by atoms with E-state index in [1.54, 1.807) is 0 Å². The number of hydrogen-bond donors (Lipinski definition) is 1. The van der Waals surface area contributed by atoms with E-state index in [9.17, 15) is 4.79 Å². The molecule has 1 aliphatic heterocycles. The Balaban J connectivity index is 1.95. The summed E-state index contributed by atoms with van der Waals surface area (Å²) in [6.07, 6.45) is 1.88. The molecule has 0 saturated carbocycles. The van der Waals surface area contributed by atoms with Crippen LogP contribution in [0.1, 0.15) is 30.0 Å². The number of aliphatic hydroxyl groups excluding tert-OH is 1. The van der Waals surface area contributed by atoms with E-state index in [-0.39, 0.29) is 18.6 Å². The summed E-state index contributed by atoms with van der Waals surface area (Å²) in [5.74, 6) is 0.193. The number of carbonyl (C=O) groups excluding carboxylic acids is 1. The summed E-state index contributed by atoms with van der Waals surface area (Å²) < 4.78 is 0. The molecule has 0 aromatic heterocycles. The fourth-order valence-corrected chi connectivity index (χ4v) is 3.22. The standard InChI is InChI=1S/C19H31N3O2/c1-16-6-8-17(9-7-16)18(20(2)3)19(24)22-13-11-21(12-14-22)10-4-5-15-23/h6-9,18,23H,4-5,10-15H2,1-3H3.